The number of carbonyl (C=O) groups is 1. The number of benzene rings is 1. The lowest BCUT2D eigenvalue weighted by Gasteiger charge is -2.07. The second kappa shape index (κ2) is 7.27. The van der Waals surface area contributed by atoms with Crippen LogP contribution in [0.4, 0.5) is 0 Å². The number of carbonyl (C=O) groups excluding carboxylic acids is 1. The van der Waals surface area contributed by atoms with Gasteiger partial charge >= 0.3 is 0 Å². The SMILES string of the molecule is Cc1nc(CNC(=O)c2cccc(OCc3cscn3)c2)oc1C. The summed E-state index contributed by atoms with van der Waals surface area (Å²) in [7, 11) is 0. The van der Waals surface area contributed by atoms with E-state index in [0.29, 0.717) is 23.8 Å². The Hall–Kier alpha value is -2.67. The van der Waals surface area contributed by atoms with Gasteiger partial charge in [0.1, 0.15) is 18.1 Å². The van der Waals surface area contributed by atoms with Crippen LogP contribution in [-0.2, 0) is 13.2 Å². The van der Waals surface area contributed by atoms with Crippen LogP contribution in [0.5, 0.6) is 5.75 Å². The van der Waals surface area contributed by atoms with Gasteiger partial charge in [-0.1, -0.05) is 6.07 Å². The number of hydrogen-bond acceptors (Lipinski definition) is 6. The van der Waals surface area contributed by atoms with Gasteiger partial charge < -0.3 is 14.5 Å². The number of hydrogen-bond donors (Lipinski definition) is 1. The summed E-state index contributed by atoms with van der Waals surface area (Å²) in [5.41, 5.74) is 3.97. The molecule has 0 aliphatic carbocycles. The minimum atomic E-state index is -0.206. The molecule has 0 unspecified atom stereocenters. The molecule has 1 amide bonds. The molecule has 7 heteroatoms. The van der Waals surface area contributed by atoms with Crippen LogP contribution in [0.1, 0.15) is 33.4 Å². The Morgan fingerprint density at radius 3 is 2.96 bits per heavy atom. The first kappa shape index (κ1) is 16.2. The molecule has 0 atom stereocenters. The van der Waals surface area contributed by atoms with E-state index < -0.39 is 0 Å². The van der Waals surface area contributed by atoms with Crippen LogP contribution < -0.4 is 10.1 Å². The zero-order chi connectivity index (χ0) is 16.9. The monoisotopic (exact) mass is 343 g/mol. The lowest BCUT2D eigenvalue weighted by Crippen LogP contribution is -2.22. The number of thiazole rings is 1. The number of rotatable bonds is 6. The predicted octanol–water partition coefficient (Wildman–Crippen LogP) is 3.26. The van der Waals surface area contributed by atoms with Gasteiger partial charge in [-0.05, 0) is 32.0 Å². The Balaban J connectivity index is 1.59. The Morgan fingerprint density at radius 2 is 2.25 bits per heavy atom. The van der Waals surface area contributed by atoms with Crippen molar-refractivity contribution >= 4 is 17.2 Å². The van der Waals surface area contributed by atoms with Crippen molar-refractivity contribution in [2.24, 2.45) is 0 Å². The highest BCUT2D eigenvalue weighted by Gasteiger charge is 2.10. The molecular formula is C17H17N3O3S. The second-order valence-electron chi connectivity index (χ2n) is 5.23. The van der Waals surface area contributed by atoms with E-state index in [-0.39, 0.29) is 12.5 Å². The van der Waals surface area contributed by atoms with Gasteiger partial charge in [-0.25, -0.2) is 9.97 Å². The molecule has 6 nitrogen and oxygen atoms in total. The highest BCUT2D eigenvalue weighted by molar-refractivity contribution is 7.07. The lowest BCUT2D eigenvalue weighted by atomic mass is 10.2. The molecule has 0 radical (unpaired) electrons. The first-order valence-electron chi connectivity index (χ1n) is 7.43. The van der Waals surface area contributed by atoms with Crippen LogP contribution in [0.2, 0.25) is 0 Å². The summed E-state index contributed by atoms with van der Waals surface area (Å²) in [6.45, 7) is 4.34. The van der Waals surface area contributed by atoms with Crippen molar-refractivity contribution < 1.29 is 13.9 Å². The van der Waals surface area contributed by atoms with Crippen LogP contribution in [0.25, 0.3) is 0 Å². The second-order valence-corrected chi connectivity index (χ2v) is 5.95. The third-order valence-corrected chi connectivity index (χ3v) is 4.07. The first-order valence-corrected chi connectivity index (χ1v) is 8.37. The molecule has 1 N–H and O–H groups in total. The smallest absolute Gasteiger partial charge is 0.251 e. The summed E-state index contributed by atoms with van der Waals surface area (Å²) in [5.74, 6) is 1.67. The van der Waals surface area contributed by atoms with Gasteiger partial charge in [-0.3, -0.25) is 4.79 Å². The molecular weight excluding hydrogens is 326 g/mol. The predicted molar refractivity (Wildman–Crippen MR) is 90.0 cm³/mol. The number of aromatic nitrogens is 2. The van der Waals surface area contributed by atoms with E-state index in [9.17, 15) is 4.79 Å². The summed E-state index contributed by atoms with van der Waals surface area (Å²) in [5, 5.41) is 4.72. The van der Waals surface area contributed by atoms with E-state index in [1.807, 2.05) is 25.3 Å². The molecule has 2 aromatic heterocycles. The van der Waals surface area contributed by atoms with Crippen LogP contribution >= 0.6 is 11.3 Å². The molecule has 0 aliphatic heterocycles. The third kappa shape index (κ3) is 3.99. The van der Waals surface area contributed by atoms with E-state index in [4.69, 9.17) is 9.15 Å². The van der Waals surface area contributed by atoms with Gasteiger partial charge in [0.05, 0.1) is 23.4 Å². The molecule has 3 aromatic rings. The minimum absolute atomic E-state index is 0.206. The van der Waals surface area contributed by atoms with Crippen LogP contribution in [-0.4, -0.2) is 15.9 Å². The zero-order valence-electron chi connectivity index (χ0n) is 13.4. The third-order valence-electron chi connectivity index (χ3n) is 3.44. The molecule has 0 saturated carbocycles. The van der Waals surface area contributed by atoms with Gasteiger partial charge in [0.2, 0.25) is 5.89 Å². The van der Waals surface area contributed by atoms with Gasteiger partial charge in [-0.15, -0.1) is 11.3 Å². The maximum Gasteiger partial charge on any atom is 0.251 e. The Morgan fingerprint density at radius 1 is 1.38 bits per heavy atom. The first-order chi connectivity index (χ1) is 11.6. The maximum atomic E-state index is 12.2. The molecule has 0 saturated heterocycles. The summed E-state index contributed by atoms with van der Waals surface area (Å²) in [6, 6.07) is 7.03. The van der Waals surface area contributed by atoms with E-state index in [1.54, 1.807) is 23.7 Å². The molecule has 0 aliphatic rings. The van der Waals surface area contributed by atoms with E-state index in [0.717, 1.165) is 17.1 Å². The van der Waals surface area contributed by atoms with Crippen molar-refractivity contribution in [2.75, 3.05) is 0 Å². The van der Waals surface area contributed by atoms with Crippen LogP contribution in [0, 0.1) is 13.8 Å². The van der Waals surface area contributed by atoms with Crippen molar-refractivity contribution in [1.82, 2.24) is 15.3 Å². The van der Waals surface area contributed by atoms with Gasteiger partial charge in [0.25, 0.3) is 5.91 Å². The number of oxazole rings is 1. The molecule has 24 heavy (non-hydrogen) atoms. The molecule has 3 rings (SSSR count). The van der Waals surface area contributed by atoms with Gasteiger partial charge in [0.15, 0.2) is 0 Å². The Kier molecular flexibility index (Phi) is 4.90. The summed E-state index contributed by atoms with van der Waals surface area (Å²) in [4.78, 5) is 20.6. The largest absolute Gasteiger partial charge is 0.487 e. The standard InChI is InChI=1S/C17H17N3O3S/c1-11-12(2)23-16(20-11)7-18-17(21)13-4-3-5-15(6-13)22-8-14-9-24-10-19-14/h3-6,9-10H,7-8H2,1-2H3,(H,18,21). The lowest BCUT2D eigenvalue weighted by molar-refractivity contribution is 0.0946. The number of nitrogens with zero attached hydrogens (tertiary/aromatic N) is 2. The molecule has 0 spiro atoms. The summed E-state index contributed by atoms with van der Waals surface area (Å²) < 4.78 is 11.1. The van der Waals surface area contributed by atoms with Crippen molar-refractivity contribution in [1.29, 1.82) is 0 Å². The molecule has 2 heterocycles. The fourth-order valence-electron chi connectivity index (χ4n) is 2.07. The number of nitrogens with one attached hydrogen (secondary N) is 1. The van der Waals surface area contributed by atoms with E-state index in [1.165, 1.54) is 11.3 Å². The van der Waals surface area contributed by atoms with Crippen molar-refractivity contribution in [3.8, 4) is 5.75 Å². The molecule has 0 bridgehead atoms. The van der Waals surface area contributed by atoms with Crippen molar-refractivity contribution in [3.05, 3.63) is 63.8 Å². The average molecular weight is 343 g/mol. The fraction of sp³-hybridized carbons (Fsp3) is 0.235. The Labute approximate surface area is 143 Å². The summed E-state index contributed by atoms with van der Waals surface area (Å²) >= 11 is 1.52. The van der Waals surface area contributed by atoms with Crippen molar-refractivity contribution in [3.63, 3.8) is 0 Å². The molecule has 1 aromatic carbocycles. The number of ether oxygens (including phenoxy) is 1. The molecule has 0 fully saturated rings. The minimum Gasteiger partial charge on any atom is -0.487 e. The maximum absolute atomic E-state index is 12.2. The highest BCUT2D eigenvalue weighted by atomic mass is 32.1. The van der Waals surface area contributed by atoms with Gasteiger partial charge in [0, 0.05) is 10.9 Å². The summed E-state index contributed by atoms with van der Waals surface area (Å²) in [6.07, 6.45) is 0. The average Bonchev–Trinajstić information content (AvgIpc) is 3.21. The topological polar surface area (TPSA) is 77.2 Å². The number of aryl methyl sites for hydroxylation is 2. The van der Waals surface area contributed by atoms with Crippen LogP contribution in [0.3, 0.4) is 0 Å². The normalized spacial score (nSPS) is 10.6. The quantitative estimate of drug-likeness (QED) is 0.743. The van der Waals surface area contributed by atoms with Crippen molar-refractivity contribution in [2.45, 2.75) is 27.0 Å². The van der Waals surface area contributed by atoms with Crippen LogP contribution in [0.15, 0.2) is 39.6 Å². The number of amides is 1. The zero-order valence-corrected chi connectivity index (χ0v) is 14.2. The molecule has 124 valence electrons. The Bertz CT molecular complexity index is 808. The van der Waals surface area contributed by atoms with Gasteiger partial charge in [-0.2, -0.15) is 0 Å². The fourth-order valence-corrected chi connectivity index (χ4v) is 2.61. The van der Waals surface area contributed by atoms with E-state index in [2.05, 4.69) is 15.3 Å². The highest BCUT2D eigenvalue weighted by Crippen LogP contribution is 2.16. The van der Waals surface area contributed by atoms with E-state index >= 15 is 0 Å².